The lowest BCUT2D eigenvalue weighted by Gasteiger charge is -2.36. The number of aliphatic hydroxyl groups is 1. The van der Waals surface area contributed by atoms with E-state index in [9.17, 15) is 4.79 Å². The fraction of sp³-hybridized carbons (Fsp3) is 0.474. The number of carbonyl (C=O) groups excluding carboxylic acids is 1. The molecule has 3 rings (SSSR count). The highest BCUT2D eigenvalue weighted by molar-refractivity contribution is 5.93. The van der Waals surface area contributed by atoms with E-state index in [2.05, 4.69) is 17.1 Å². The van der Waals surface area contributed by atoms with Gasteiger partial charge in [0.25, 0.3) is 5.91 Å². The Morgan fingerprint density at radius 1 is 1.32 bits per heavy atom. The van der Waals surface area contributed by atoms with Gasteiger partial charge in [-0.3, -0.25) is 4.79 Å². The molecule has 1 amide bonds. The molecule has 0 radical (unpaired) electrons. The Balaban J connectivity index is 1.57. The standard InChI is InChI=1S/C19H25N3O3/c1-21(10-5-13-23)16-8-11-22(12-9-16)19(24)17-14-18(25-20-17)15-6-3-2-4-7-15/h2-4,6-7,14,16,23H,5,8-13H2,1H3. The lowest BCUT2D eigenvalue weighted by atomic mass is 10.0. The van der Waals surface area contributed by atoms with Crippen molar-refractivity contribution < 1.29 is 14.4 Å². The number of amides is 1. The number of aliphatic hydroxyl groups excluding tert-OH is 1. The maximum absolute atomic E-state index is 12.6. The summed E-state index contributed by atoms with van der Waals surface area (Å²) in [5, 5.41) is 12.9. The molecule has 2 heterocycles. The second-order valence-electron chi connectivity index (χ2n) is 6.52. The molecule has 1 aliphatic rings. The van der Waals surface area contributed by atoms with Gasteiger partial charge in [-0.2, -0.15) is 0 Å². The summed E-state index contributed by atoms with van der Waals surface area (Å²) in [4.78, 5) is 16.8. The van der Waals surface area contributed by atoms with Crippen molar-refractivity contribution >= 4 is 5.91 Å². The summed E-state index contributed by atoms with van der Waals surface area (Å²) >= 11 is 0. The van der Waals surface area contributed by atoms with Gasteiger partial charge < -0.3 is 19.4 Å². The minimum atomic E-state index is -0.0672. The highest BCUT2D eigenvalue weighted by Crippen LogP contribution is 2.22. The Labute approximate surface area is 148 Å². The number of rotatable bonds is 6. The quantitative estimate of drug-likeness (QED) is 0.871. The summed E-state index contributed by atoms with van der Waals surface area (Å²) in [6, 6.07) is 11.8. The van der Waals surface area contributed by atoms with Gasteiger partial charge in [-0.25, -0.2) is 0 Å². The molecule has 2 aromatic rings. The third-order valence-electron chi connectivity index (χ3n) is 4.83. The Kier molecular flexibility index (Phi) is 5.83. The molecule has 0 bridgehead atoms. The number of carbonyl (C=O) groups is 1. The third kappa shape index (κ3) is 4.27. The van der Waals surface area contributed by atoms with E-state index >= 15 is 0 Å². The number of likely N-dealkylation sites (tertiary alicyclic amines) is 1. The first-order chi connectivity index (χ1) is 12.2. The second kappa shape index (κ2) is 8.27. The molecule has 0 unspecified atom stereocenters. The maximum atomic E-state index is 12.6. The van der Waals surface area contributed by atoms with E-state index in [-0.39, 0.29) is 12.5 Å². The van der Waals surface area contributed by atoms with Crippen LogP contribution in [0.3, 0.4) is 0 Å². The third-order valence-corrected chi connectivity index (χ3v) is 4.83. The van der Waals surface area contributed by atoms with Crippen molar-refractivity contribution in [2.45, 2.75) is 25.3 Å². The first-order valence-electron chi connectivity index (χ1n) is 8.81. The predicted octanol–water partition coefficient (Wildman–Crippen LogP) is 2.26. The fourth-order valence-corrected chi connectivity index (χ4v) is 3.29. The number of hydrogen-bond donors (Lipinski definition) is 1. The molecule has 0 spiro atoms. The summed E-state index contributed by atoms with van der Waals surface area (Å²) in [5.74, 6) is 0.546. The molecule has 134 valence electrons. The van der Waals surface area contributed by atoms with Crippen molar-refractivity contribution in [3.8, 4) is 11.3 Å². The second-order valence-corrected chi connectivity index (χ2v) is 6.52. The number of piperidine rings is 1. The van der Waals surface area contributed by atoms with Crippen LogP contribution in [0.4, 0.5) is 0 Å². The Morgan fingerprint density at radius 2 is 2.04 bits per heavy atom. The van der Waals surface area contributed by atoms with Crippen molar-refractivity contribution in [3.05, 3.63) is 42.1 Å². The maximum Gasteiger partial charge on any atom is 0.276 e. The first kappa shape index (κ1) is 17.6. The summed E-state index contributed by atoms with van der Waals surface area (Å²) in [6.07, 6.45) is 2.67. The molecular formula is C19H25N3O3. The highest BCUT2D eigenvalue weighted by atomic mass is 16.5. The first-order valence-corrected chi connectivity index (χ1v) is 8.81. The fourth-order valence-electron chi connectivity index (χ4n) is 3.29. The van der Waals surface area contributed by atoms with Gasteiger partial charge >= 0.3 is 0 Å². The van der Waals surface area contributed by atoms with E-state index < -0.39 is 0 Å². The van der Waals surface area contributed by atoms with Crippen LogP contribution in [-0.2, 0) is 0 Å². The zero-order valence-electron chi connectivity index (χ0n) is 14.6. The molecule has 1 aromatic carbocycles. The van der Waals surface area contributed by atoms with Crippen molar-refractivity contribution in [1.29, 1.82) is 0 Å². The summed E-state index contributed by atoms with van der Waals surface area (Å²) in [6.45, 7) is 2.55. The minimum Gasteiger partial charge on any atom is -0.396 e. The van der Waals surface area contributed by atoms with Crippen LogP contribution in [0, 0.1) is 0 Å². The molecule has 1 aromatic heterocycles. The summed E-state index contributed by atoms with van der Waals surface area (Å²) in [5.41, 5.74) is 1.28. The van der Waals surface area contributed by atoms with E-state index in [1.165, 1.54) is 0 Å². The van der Waals surface area contributed by atoms with Gasteiger partial charge in [-0.1, -0.05) is 35.5 Å². The predicted molar refractivity (Wildman–Crippen MR) is 95.2 cm³/mol. The van der Waals surface area contributed by atoms with Crippen molar-refractivity contribution in [1.82, 2.24) is 15.0 Å². The molecule has 6 nitrogen and oxygen atoms in total. The molecule has 0 saturated carbocycles. The summed E-state index contributed by atoms with van der Waals surface area (Å²) < 4.78 is 5.34. The van der Waals surface area contributed by atoms with E-state index in [0.717, 1.165) is 44.5 Å². The van der Waals surface area contributed by atoms with Crippen LogP contribution in [0.1, 0.15) is 29.8 Å². The molecule has 0 aliphatic carbocycles. The SMILES string of the molecule is CN(CCCO)C1CCN(C(=O)c2cc(-c3ccccc3)on2)CC1. The molecule has 25 heavy (non-hydrogen) atoms. The average molecular weight is 343 g/mol. The van der Waals surface area contributed by atoms with Crippen LogP contribution in [0.5, 0.6) is 0 Å². The monoisotopic (exact) mass is 343 g/mol. The number of benzene rings is 1. The van der Waals surface area contributed by atoms with Crippen LogP contribution in [-0.4, -0.2) is 65.3 Å². The smallest absolute Gasteiger partial charge is 0.276 e. The zero-order valence-corrected chi connectivity index (χ0v) is 14.6. The van der Waals surface area contributed by atoms with Gasteiger partial charge in [-0.05, 0) is 26.3 Å². The van der Waals surface area contributed by atoms with E-state index in [0.29, 0.717) is 17.5 Å². The van der Waals surface area contributed by atoms with Gasteiger partial charge in [0.1, 0.15) is 0 Å². The van der Waals surface area contributed by atoms with Gasteiger partial charge in [0, 0.05) is 43.9 Å². The largest absolute Gasteiger partial charge is 0.396 e. The van der Waals surface area contributed by atoms with Gasteiger partial charge in [0.15, 0.2) is 11.5 Å². The summed E-state index contributed by atoms with van der Waals surface area (Å²) in [7, 11) is 2.08. The van der Waals surface area contributed by atoms with Crippen LogP contribution < -0.4 is 0 Å². The zero-order chi connectivity index (χ0) is 17.6. The number of hydrogen-bond acceptors (Lipinski definition) is 5. The number of nitrogens with zero attached hydrogens (tertiary/aromatic N) is 3. The van der Waals surface area contributed by atoms with E-state index in [1.807, 2.05) is 35.2 Å². The van der Waals surface area contributed by atoms with Gasteiger partial charge in [-0.15, -0.1) is 0 Å². The average Bonchev–Trinajstić information content (AvgIpc) is 3.16. The normalized spacial score (nSPS) is 15.7. The topological polar surface area (TPSA) is 69.8 Å². The van der Waals surface area contributed by atoms with Crippen LogP contribution in [0.15, 0.2) is 40.9 Å². The molecule has 0 atom stereocenters. The minimum absolute atomic E-state index is 0.0672. The van der Waals surface area contributed by atoms with E-state index in [1.54, 1.807) is 6.07 Å². The van der Waals surface area contributed by atoms with Crippen LogP contribution >= 0.6 is 0 Å². The molecule has 1 saturated heterocycles. The van der Waals surface area contributed by atoms with Crippen LogP contribution in [0.25, 0.3) is 11.3 Å². The lowest BCUT2D eigenvalue weighted by Crippen LogP contribution is -2.45. The van der Waals surface area contributed by atoms with Crippen LogP contribution in [0.2, 0.25) is 0 Å². The Hall–Kier alpha value is -2.18. The van der Waals surface area contributed by atoms with Gasteiger partial charge in [0.2, 0.25) is 0 Å². The van der Waals surface area contributed by atoms with Gasteiger partial charge in [0.05, 0.1) is 0 Å². The molecule has 1 N–H and O–H groups in total. The highest BCUT2D eigenvalue weighted by Gasteiger charge is 2.27. The number of aromatic nitrogens is 1. The van der Waals surface area contributed by atoms with E-state index in [4.69, 9.17) is 9.63 Å². The van der Waals surface area contributed by atoms with Crippen molar-refractivity contribution in [2.75, 3.05) is 33.3 Å². The molecule has 6 heteroatoms. The Bertz CT molecular complexity index is 678. The molecular weight excluding hydrogens is 318 g/mol. The van der Waals surface area contributed by atoms with Crippen molar-refractivity contribution in [3.63, 3.8) is 0 Å². The lowest BCUT2D eigenvalue weighted by molar-refractivity contribution is 0.0631. The Morgan fingerprint density at radius 3 is 2.72 bits per heavy atom. The molecule has 1 fully saturated rings. The molecule has 1 aliphatic heterocycles. The van der Waals surface area contributed by atoms with Crippen molar-refractivity contribution in [2.24, 2.45) is 0 Å².